The number of halogens is 3. The molecule has 0 unspecified atom stereocenters. The normalized spacial score (nSPS) is 11.0. The van der Waals surface area contributed by atoms with E-state index in [-0.39, 0.29) is 28.6 Å². The number of aromatic nitrogens is 3. The SMILES string of the molecule is Cn1cc(-c2ccc(NCc3cc[c-]cc3)cn2)c(C(F)(F)F)n1.[Cr]. The first-order chi connectivity index (χ1) is 11.4. The number of nitrogens with one attached hydrogen (secondary N) is 1. The van der Waals surface area contributed by atoms with E-state index in [1.165, 1.54) is 19.4 Å². The van der Waals surface area contributed by atoms with Crippen molar-refractivity contribution in [3.8, 4) is 11.3 Å². The predicted molar refractivity (Wildman–Crippen MR) is 84.0 cm³/mol. The summed E-state index contributed by atoms with van der Waals surface area (Å²) in [6.07, 6.45) is -1.68. The second kappa shape index (κ2) is 7.72. The van der Waals surface area contributed by atoms with E-state index in [0.717, 1.165) is 15.9 Å². The topological polar surface area (TPSA) is 42.7 Å². The van der Waals surface area contributed by atoms with Gasteiger partial charge in [0.15, 0.2) is 5.69 Å². The smallest absolute Gasteiger partial charge is 0.382 e. The van der Waals surface area contributed by atoms with E-state index in [1.807, 2.05) is 24.3 Å². The van der Waals surface area contributed by atoms with Gasteiger partial charge in [0, 0.05) is 37.2 Å². The van der Waals surface area contributed by atoms with Gasteiger partial charge in [0.1, 0.15) is 0 Å². The number of rotatable bonds is 4. The number of pyridine rings is 1. The molecule has 0 radical (unpaired) electrons. The fourth-order valence-electron chi connectivity index (χ4n) is 2.29. The molecule has 0 aliphatic heterocycles. The van der Waals surface area contributed by atoms with E-state index < -0.39 is 11.9 Å². The van der Waals surface area contributed by atoms with Gasteiger partial charge in [0.25, 0.3) is 0 Å². The minimum atomic E-state index is -4.51. The molecule has 1 aromatic carbocycles. The Bertz CT molecular complexity index is 814. The third kappa shape index (κ3) is 4.62. The molecular formula is C17H14CrF3N4-. The second-order valence-electron chi connectivity index (χ2n) is 5.26. The molecule has 0 bridgehead atoms. The summed E-state index contributed by atoms with van der Waals surface area (Å²) in [6, 6.07) is 13.7. The van der Waals surface area contributed by atoms with E-state index in [4.69, 9.17) is 0 Å². The molecule has 0 saturated heterocycles. The fraction of sp³-hybridized carbons (Fsp3) is 0.176. The summed E-state index contributed by atoms with van der Waals surface area (Å²) in [6.45, 7) is 0.594. The number of anilines is 1. The van der Waals surface area contributed by atoms with Crippen LogP contribution in [0.3, 0.4) is 0 Å². The van der Waals surface area contributed by atoms with Crippen LogP contribution >= 0.6 is 0 Å². The van der Waals surface area contributed by atoms with Crippen LogP contribution < -0.4 is 5.32 Å². The first-order valence-electron chi connectivity index (χ1n) is 7.19. The van der Waals surface area contributed by atoms with Gasteiger partial charge in [-0.1, -0.05) is 0 Å². The van der Waals surface area contributed by atoms with Crippen LogP contribution in [0.25, 0.3) is 11.3 Å². The van der Waals surface area contributed by atoms with Gasteiger partial charge in [0.05, 0.1) is 23.1 Å². The minimum absolute atomic E-state index is 0. The van der Waals surface area contributed by atoms with Crippen molar-refractivity contribution in [3.05, 3.63) is 66.1 Å². The molecular weight excluding hydrogens is 369 g/mol. The minimum Gasteiger partial charge on any atom is -0.382 e. The van der Waals surface area contributed by atoms with Gasteiger partial charge in [-0.2, -0.15) is 48.6 Å². The maximum absolute atomic E-state index is 13.0. The zero-order valence-corrected chi connectivity index (χ0v) is 14.5. The van der Waals surface area contributed by atoms with Crippen LogP contribution in [-0.2, 0) is 37.1 Å². The van der Waals surface area contributed by atoms with Crippen molar-refractivity contribution in [2.45, 2.75) is 12.7 Å². The molecule has 0 amide bonds. The molecule has 2 heterocycles. The second-order valence-corrected chi connectivity index (χ2v) is 5.26. The van der Waals surface area contributed by atoms with Gasteiger partial charge in [-0.3, -0.25) is 9.67 Å². The van der Waals surface area contributed by atoms with Crippen LogP contribution in [-0.4, -0.2) is 14.8 Å². The molecule has 2 aromatic heterocycles. The van der Waals surface area contributed by atoms with Gasteiger partial charge in [-0.05, 0) is 12.1 Å². The maximum Gasteiger partial charge on any atom is 0.435 e. The summed E-state index contributed by atoms with van der Waals surface area (Å²) in [5.74, 6) is 0. The van der Waals surface area contributed by atoms with Crippen molar-refractivity contribution in [1.82, 2.24) is 14.8 Å². The third-order valence-electron chi connectivity index (χ3n) is 3.42. The molecule has 3 aromatic rings. The van der Waals surface area contributed by atoms with Crippen molar-refractivity contribution in [1.29, 1.82) is 0 Å². The van der Waals surface area contributed by atoms with Crippen molar-refractivity contribution in [3.63, 3.8) is 0 Å². The molecule has 0 spiro atoms. The van der Waals surface area contributed by atoms with E-state index in [1.54, 1.807) is 12.1 Å². The summed E-state index contributed by atoms with van der Waals surface area (Å²) >= 11 is 0. The van der Waals surface area contributed by atoms with Crippen LogP contribution in [0.5, 0.6) is 0 Å². The number of hydrogen-bond donors (Lipinski definition) is 1. The Labute approximate surface area is 153 Å². The zero-order chi connectivity index (χ0) is 17.2. The number of alkyl halides is 3. The standard InChI is InChI=1S/C17H14F3N4.Cr/c1-24-11-14(16(23-24)17(18,19)20)15-8-7-13(10-22-15)21-9-12-5-3-2-4-6-12;/h3-8,10-11,21H,9H2,1H3;/q-1;. The summed E-state index contributed by atoms with van der Waals surface area (Å²) in [5.41, 5.74) is 1.07. The Morgan fingerprint density at radius 1 is 1.16 bits per heavy atom. The molecule has 4 nitrogen and oxygen atoms in total. The maximum atomic E-state index is 13.0. The predicted octanol–water partition coefficient (Wildman–Crippen LogP) is 3.91. The van der Waals surface area contributed by atoms with Crippen molar-refractivity contribution in [2.24, 2.45) is 7.05 Å². The van der Waals surface area contributed by atoms with Gasteiger partial charge < -0.3 is 5.32 Å². The average molecular weight is 383 g/mol. The first-order valence-corrected chi connectivity index (χ1v) is 7.19. The molecule has 0 atom stereocenters. The quantitative estimate of drug-likeness (QED) is 0.695. The number of benzene rings is 1. The van der Waals surface area contributed by atoms with Gasteiger partial charge in [-0.15, -0.1) is 5.56 Å². The van der Waals surface area contributed by atoms with E-state index in [9.17, 15) is 13.2 Å². The Morgan fingerprint density at radius 3 is 2.48 bits per heavy atom. The summed E-state index contributed by atoms with van der Waals surface area (Å²) in [5, 5.41) is 6.66. The van der Waals surface area contributed by atoms with E-state index >= 15 is 0 Å². The van der Waals surface area contributed by atoms with E-state index in [0.29, 0.717) is 6.54 Å². The molecule has 130 valence electrons. The average Bonchev–Trinajstić information content (AvgIpc) is 2.97. The van der Waals surface area contributed by atoms with Crippen LogP contribution in [0.1, 0.15) is 11.3 Å². The van der Waals surface area contributed by atoms with Crippen LogP contribution in [0, 0.1) is 6.07 Å². The molecule has 3 rings (SSSR count). The molecule has 0 aliphatic carbocycles. The summed E-state index contributed by atoms with van der Waals surface area (Å²) < 4.78 is 40.2. The molecule has 8 heteroatoms. The number of aryl methyl sites for hydroxylation is 1. The van der Waals surface area contributed by atoms with E-state index in [2.05, 4.69) is 21.5 Å². The van der Waals surface area contributed by atoms with Crippen molar-refractivity contribution >= 4 is 5.69 Å². The van der Waals surface area contributed by atoms with Crippen molar-refractivity contribution < 1.29 is 30.5 Å². The fourth-order valence-corrected chi connectivity index (χ4v) is 2.29. The van der Waals surface area contributed by atoms with Gasteiger partial charge >= 0.3 is 6.18 Å². The molecule has 0 aliphatic rings. The zero-order valence-electron chi connectivity index (χ0n) is 13.2. The van der Waals surface area contributed by atoms with Crippen LogP contribution in [0.2, 0.25) is 0 Å². The van der Waals surface area contributed by atoms with Crippen LogP contribution in [0.4, 0.5) is 18.9 Å². The Hall–Kier alpha value is -2.30. The monoisotopic (exact) mass is 383 g/mol. The first kappa shape index (κ1) is 19.0. The third-order valence-corrected chi connectivity index (χ3v) is 3.42. The number of nitrogens with zero attached hydrogens (tertiary/aromatic N) is 3. The van der Waals surface area contributed by atoms with Crippen LogP contribution in [0.15, 0.2) is 48.8 Å². The molecule has 1 N–H and O–H groups in total. The largest absolute Gasteiger partial charge is 0.435 e. The van der Waals surface area contributed by atoms with Gasteiger partial charge in [0.2, 0.25) is 0 Å². The Morgan fingerprint density at radius 2 is 1.88 bits per heavy atom. The molecule has 0 saturated carbocycles. The summed E-state index contributed by atoms with van der Waals surface area (Å²) in [4.78, 5) is 4.13. The Kier molecular flexibility index (Phi) is 5.88. The van der Waals surface area contributed by atoms with Gasteiger partial charge in [-0.25, -0.2) is 0 Å². The summed E-state index contributed by atoms with van der Waals surface area (Å²) in [7, 11) is 1.45. The number of hydrogen-bond acceptors (Lipinski definition) is 3. The molecule has 0 fully saturated rings. The van der Waals surface area contributed by atoms with Crippen molar-refractivity contribution in [2.75, 3.05) is 5.32 Å². The Balaban J connectivity index is 0.00000225. The molecule has 25 heavy (non-hydrogen) atoms.